The van der Waals surface area contributed by atoms with Crippen LogP contribution >= 0.6 is 0 Å². The third kappa shape index (κ3) is 5.11. The second kappa shape index (κ2) is 7.74. The Labute approximate surface area is 141 Å². The van der Waals surface area contributed by atoms with Gasteiger partial charge >= 0.3 is 6.18 Å². The van der Waals surface area contributed by atoms with Crippen LogP contribution in [0.25, 0.3) is 0 Å². The topological polar surface area (TPSA) is 18.5 Å². The van der Waals surface area contributed by atoms with Gasteiger partial charge in [0.25, 0.3) is 0 Å². The van der Waals surface area contributed by atoms with Gasteiger partial charge in [0.05, 0.1) is 6.42 Å². The van der Waals surface area contributed by atoms with Gasteiger partial charge in [0, 0.05) is 37.4 Å². The summed E-state index contributed by atoms with van der Waals surface area (Å²) in [5.74, 6) is 0. The van der Waals surface area contributed by atoms with Gasteiger partial charge in [0.15, 0.2) is 0 Å². The van der Waals surface area contributed by atoms with Gasteiger partial charge in [-0.05, 0) is 44.5 Å². The third-order valence-corrected chi connectivity index (χ3v) is 5.08. The predicted octanol–water partition coefficient (Wildman–Crippen LogP) is 3.27. The van der Waals surface area contributed by atoms with E-state index in [1.54, 1.807) is 0 Å². The fourth-order valence-corrected chi connectivity index (χ4v) is 3.71. The molecule has 0 aromatic heterocycles. The molecule has 0 radical (unpaired) electrons. The van der Waals surface area contributed by atoms with Gasteiger partial charge in [-0.1, -0.05) is 18.2 Å². The first-order valence-corrected chi connectivity index (χ1v) is 8.85. The van der Waals surface area contributed by atoms with Crippen LogP contribution in [0, 0.1) is 0 Å². The maximum absolute atomic E-state index is 12.3. The van der Waals surface area contributed by atoms with Crippen LogP contribution < -0.4 is 10.2 Å². The molecular weight excluding hydrogens is 315 g/mol. The van der Waals surface area contributed by atoms with Crippen molar-refractivity contribution in [2.75, 3.05) is 37.6 Å². The fourth-order valence-electron chi connectivity index (χ4n) is 3.71. The van der Waals surface area contributed by atoms with Gasteiger partial charge in [0.2, 0.25) is 0 Å². The second-order valence-electron chi connectivity index (χ2n) is 6.91. The minimum Gasteiger partial charge on any atom is -0.370 e. The van der Waals surface area contributed by atoms with E-state index in [0.29, 0.717) is 12.1 Å². The zero-order valence-corrected chi connectivity index (χ0v) is 13.9. The molecule has 0 spiro atoms. The minimum atomic E-state index is -4.04. The van der Waals surface area contributed by atoms with E-state index in [-0.39, 0.29) is 6.54 Å². The quantitative estimate of drug-likeness (QED) is 0.887. The summed E-state index contributed by atoms with van der Waals surface area (Å²) in [6, 6.07) is 11.4. The van der Waals surface area contributed by atoms with Crippen LogP contribution in [0.5, 0.6) is 0 Å². The van der Waals surface area contributed by atoms with Crippen LogP contribution in [0.15, 0.2) is 30.3 Å². The van der Waals surface area contributed by atoms with Gasteiger partial charge in [-0.25, -0.2) is 0 Å². The molecule has 0 aliphatic carbocycles. The summed E-state index contributed by atoms with van der Waals surface area (Å²) in [5.41, 5.74) is 1.27. The van der Waals surface area contributed by atoms with Crippen LogP contribution in [0.1, 0.15) is 25.7 Å². The number of alkyl halides is 3. The van der Waals surface area contributed by atoms with Crippen molar-refractivity contribution in [2.45, 2.75) is 43.9 Å². The van der Waals surface area contributed by atoms with Crippen molar-refractivity contribution in [3.63, 3.8) is 0 Å². The molecule has 2 fully saturated rings. The SMILES string of the molecule is FC(F)(F)CCN1CCC(N[C@H]2CCN(c3ccccc3)C2)CC1. The lowest BCUT2D eigenvalue weighted by molar-refractivity contribution is -0.138. The number of likely N-dealkylation sites (tertiary alicyclic amines) is 1. The van der Waals surface area contributed by atoms with Crippen LogP contribution in [0.4, 0.5) is 18.9 Å². The maximum Gasteiger partial charge on any atom is 0.390 e. The minimum absolute atomic E-state index is 0.140. The number of piperidine rings is 1. The van der Waals surface area contributed by atoms with Gasteiger partial charge in [-0.2, -0.15) is 13.2 Å². The molecule has 1 aromatic carbocycles. The smallest absolute Gasteiger partial charge is 0.370 e. The monoisotopic (exact) mass is 341 g/mol. The highest BCUT2D eigenvalue weighted by Gasteiger charge is 2.30. The highest BCUT2D eigenvalue weighted by atomic mass is 19.4. The molecule has 2 aliphatic rings. The number of nitrogens with zero attached hydrogens (tertiary/aromatic N) is 2. The first kappa shape index (κ1) is 17.5. The van der Waals surface area contributed by atoms with Gasteiger partial charge < -0.3 is 15.1 Å². The van der Waals surface area contributed by atoms with Crippen molar-refractivity contribution in [2.24, 2.45) is 0 Å². The Morgan fingerprint density at radius 1 is 0.958 bits per heavy atom. The molecule has 1 aromatic rings. The molecule has 24 heavy (non-hydrogen) atoms. The molecular formula is C18H26F3N3. The number of anilines is 1. The first-order valence-electron chi connectivity index (χ1n) is 8.85. The van der Waals surface area contributed by atoms with E-state index < -0.39 is 12.6 Å². The lowest BCUT2D eigenvalue weighted by atomic mass is 10.0. The highest BCUT2D eigenvalue weighted by molar-refractivity contribution is 5.47. The second-order valence-corrected chi connectivity index (χ2v) is 6.91. The van der Waals surface area contributed by atoms with E-state index in [2.05, 4.69) is 34.5 Å². The summed E-state index contributed by atoms with van der Waals surface area (Å²) < 4.78 is 36.9. The molecule has 6 heteroatoms. The van der Waals surface area contributed by atoms with Crippen molar-refractivity contribution >= 4 is 5.69 Å². The number of benzene rings is 1. The van der Waals surface area contributed by atoms with Gasteiger partial charge in [0.1, 0.15) is 0 Å². The standard InChI is InChI=1S/C18H26F3N3/c19-18(20,21)9-13-23-10-6-15(7-11-23)22-16-8-12-24(14-16)17-4-2-1-3-5-17/h1-5,15-16,22H,6-14H2/t16-/m0/s1. The molecule has 134 valence electrons. The summed E-state index contributed by atoms with van der Waals surface area (Å²) in [6.45, 7) is 3.75. The number of nitrogens with one attached hydrogen (secondary N) is 1. The van der Waals surface area contributed by atoms with E-state index in [1.165, 1.54) is 5.69 Å². The van der Waals surface area contributed by atoms with Gasteiger partial charge in [-0.15, -0.1) is 0 Å². The zero-order valence-electron chi connectivity index (χ0n) is 13.9. The summed E-state index contributed by atoms with van der Waals surface area (Å²) in [6.07, 6.45) is -1.72. The molecule has 3 rings (SSSR count). The molecule has 0 unspecified atom stereocenters. The lowest BCUT2D eigenvalue weighted by Crippen LogP contribution is -2.47. The normalized spacial score (nSPS) is 23.8. The van der Waals surface area contributed by atoms with Crippen molar-refractivity contribution in [1.29, 1.82) is 0 Å². The van der Waals surface area contributed by atoms with Crippen LogP contribution in [0.3, 0.4) is 0 Å². The zero-order chi connectivity index (χ0) is 17.0. The number of hydrogen-bond acceptors (Lipinski definition) is 3. The lowest BCUT2D eigenvalue weighted by Gasteiger charge is -2.34. The third-order valence-electron chi connectivity index (χ3n) is 5.08. The largest absolute Gasteiger partial charge is 0.390 e. The molecule has 0 saturated carbocycles. The van der Waals surface area contributed by atoms with E-state index >= 15 is 0 Å². The predicted molar refractivity (Wildman–Crippen MR) is 90.3 cm³/mol. The molecule has 1 atom stereocenters. The summed E-state index contributed by atoms with van der Waals surface area (Å²) in [5, 5.41) is 3.72. The number of halogens is 3. The van der Waals surface area contributed by atoms with Gasteiger partial charge in [-0.3, -0.25) is 0 Å². The van der Waals surface area contributed by atoms with Crippen LogP contribution in [-0.4, -0.2) is 55.9 Å². The Kier molecular flexibility index (Phi) is 5.66. The van der Waals surface area contributed by atoms with Crippen LogP contribution in [-0.2, 0) is 0 Å². The summed E-state index contributed by atoms with van der Waals surface area (Å²) in [7, 11) is 0. The van der Waals surface area contributed by atoms with E-state index in [4.69, 9.17) is 0 Å². The van der Waals surface area contributed by atoms with Crippen molar-refractivity contribution < 1.29 is 13.2 Å². The van der Waals surface area contributed by atoms with E-state index in [1.807, 2.05) is 11.0 Å². The first-order chi connectivity index (χ1) is 11.5. The Balaban J connectivity index is 1.38. The molecule has 3 nitrogen and oxygen atoms in total. The summed E-state index contributed by atoms with van der Waals surface area (Å²) >= 11 is 0. The average Bonchev–Trinajstić information content (AvgIpc) is 3.03. The Morgan fingerprint density at radius 3 is 2.29 bits per heavy atom. The highest BCUT2D eigenvalue weighted by Crippen LogP contribution is 2.23. The fraction of sp³-hybridized carbons (Fsp3) is 0.667. The van der Waals surface area contributed by atoms with Crippen molar-refractivity contribution in [3.8, 4) is 0 Å². The molecule has 0 amide bonds. The number of hydrogen-bond donors (Lipinski definition) is 1. The summed E-state index contributed by atoms with van der Waals surface area (Å²) in [4.78, 5) is 4.34. The molecule has 2 heterocycles. The molecule has 1 N–H and O–H groups in total. The van der Waals surface area contributed by atoms with Crippen LogP contribution in [0.2, 0.25) is 0 Å². The Hall–Kier alpha value is -1.27. The van der Waals surface area contributed by atoms with E-state index in [0.717, 1.165) is 45.4 Å². The maximum atomic E-state index is 12.3. The molecule has 2 aliphatic heterocycles. The average molecular weight is 341 g/mol. The molecule has 2 saturated heterocycles. The van der Waals surface area contributed by atoms with Crippen molar-refractivity contribution in [1.82, 2.24) is 10.2 Å². The Morgan fingerprint density at radius 2 is 1.62 bits per heavy atom. The van der Waals surface area contributed by atoms with Crippen molar-refractivity contribution in [3.05, 3.63) is 30.3 Å². The number of rotatable bonds is 5. The Bertz CT molecular complexity index is 498. The molecule has 0 bridgehead atoms. The number of para-hydroxylation sites is 1. The van der Waals surface area contributed by atoms with E-state index in [9.17, 15) is 13.2 Å².